The van der Waals surface area contributed by atoms with Crippen LogP contribution >= 0.6 is 0 Å². The smallest absolute Gasteiger partial charge is 0.339 e. The molecule has 0 radical (unpaired) electrons. The summed E-state index contributed by atoms with van der Waals surface area (Å²) in [5.74, 6) is 0.292. The lowest BCUT2D eigenvalue weighted by Gasteiger charge is -2.07. The number of para-hydroxylation sites is 1. The van der Waals surface area contributed by atoms with Gasteiger partial charge in [-0.2, -0.15) is 8.42 Å². The molecule has 0 atom stereocenters. The Morgan fingerprint density at radius 2 is 1.56 bits per heavy atom. The highest BCUT2D eigenvalue weighted by Gasteiger charge is 2.15. The Labute approximate surface area is 106 Å². The van der Waals surface area contributed by atoms with E-state index in [-0.39, 0.29) is 4.90 Å². The number of hydrogen-bond donors (Lipinski definition) is 1. The van der Waals surface area contributed by atoms with Crippen LogP contribution in [0.4, 0.5) is 0 Å². The Morgan fingerprint density at radius 3 is 2.11 bits per heavy atom. The third-order valence-electron chi connectivity index (χ3n) is 2.40. The van der Waals surface area contributed by atoms with E-state index in [1.165, 1.54) is 12.1 Å². The third kappa shape index (κ3) is 2.88. The lowest BCUT2D eigenvalue weighted by molar-refractivity contribution is 0.486. The normalized spacial score (nSPS) is 11.2. The zero-order valence-corrected chi connectivity index (χ0v) is 10.4. The number of nitrogens with two attached hydrogens (primary N) is 1. The van der Waals surface area contributed by atoms with Gasteiger partial charge in [0.05, 0.1) is 0 Å². The Bertz CT molecular complexity index is 606. The Hall–Kier alpha value is -1.85. The van der Waals surface area contributed by atoms with E-state index in [1.54, 1.807) is 42.5 Å². The van der Waals surface area contributed by atoms with Crippen LogP contribution in [0.15, 0.2) is 59.5 Å². The molecule has 0 heterocycles. The summed E-state index contributed by atoms with van der Waals surface area (Å²) in [6.45, 7) is 0.375. The third-order valence-corrected chi connectivity index (χ3v) is 3.66. The molecular weight excluding hydrogens is 250 g/mol. The van der Waals surface area contributed by atoms with Crippen LogP contribution in [0.3, 0.4) is 0 Å². The molecule has 0 saturated carbocycles. The Balaban J connectivity index is 2.25. The van der Waals surface area contributed by atoms with Gasteiger partial charge in [-0.1, -0.05) is 30.3 Å². The second-order valence-corrected chi connectivity index (χ2v) is 5.24. The Morgan fingerprint density at radius 1 is 0.944 bits per heavy atom. The van der Waals surface area contributed by atoms with Crippen molar-refractivity contribution in [3.05, 3.63) is 60.2 Å². The fourth-order valence-corrected chi connectivity index (χ4v) is 2.37. The zero-order chi connectivity index (χ0) is 13.0. The lowest BCUT2D eigenvalue weighted by Crippen LogP contribution is -2.09. The van der Waals surface area contributed by atoms with Crippen molar-refractivity contribution in [3.8, 4) is 5.75 Å². The summed E-state index contributed by atoms with van der Waals surface area (Å²) in [6, 6.07) is 14.7. The quantitative estimate of drug-likeness (QED) is 0.855. The van der Waals surface area contributed by atoms with E-state index in [1.807, 2.05) is 0 Å². The molecule has 0 spiro atoms. The first-order chi connectivity index (χ1) is 8.62. The second-order valence-electron chi connectivity index (χ2n) is 3.70. The first-order valence-corrected chi connectivity index (χ1v) is 6.81. The van der Waals surface area contributed by atoms with Gasteiger partial charge in [-0.3, -0.25) is 0 Å². The van der Waals surface area contributed by atoms with E-state index in [2.05, 4.69) is 0 Å². The molecule has 0 aliphatic heterocycles. The Kier molecular flexibility index (Phi) is 3.64. The van der Waals surface area contributed by atoms with Crippen LogP contribution in [0.1, 0.15) is 5.56 Å². The summed E-state index contributed by atoms with van der Waals surface area (Å²) in [5, 5.41) is 0. The van der Waals surface area contributed by atoms with Crippen molar-refractivity contribution in [3.63, 3.8) is 0 Å². The van der Waals surface area contributed by atoms with Gasteiger partial charge < -0.3 is 9.92 Å². The molecule has 0 saturated heterocycles. The van der Waals surface area contributed by atoms with Crippen molar-refractivity contribution < 1.29 is 12.6 Å². The molecule has 0 bridgehead atoms. The standard InChI is InChI=1S/C13H13NO3S/c14-10-11-6-8-13(9-7-11)18(15,16)17-12-4-2-1-3-5-12/h1-9H,10,14H2. The van der Waals surface area contributed by atoms with Gasteiger partial charge in [0, 0.05) is 6.54 Å². The van der Waals surface area contributed by atoms with E-state index in [4.69, 9.17) is 9.92 Å². The minimum Gasteiger partial charge on any atom is -0.379 e. The van der Waals surface area contributed by atoms with E-state index in [0.29, 0.717) is 12.3 Å². The van der Waals surface area contributed by atoms with Gasteiger partial charge in [0.1, 0.15) is 10.6 Å². The number of rotatable bonds is 4. The minimum absolute atomic E-state index is 0.114. The maximum atomic E-state index is 11.9. The molecule has 2 rings (SSSR count). The maximum Gasteiger partial charge on any atom is 0.339 e. The molecule has 2 aromatic carbocycles. The van der Waals surface area contributed by atoms with Crippen molar-refractivity contribution in [1.82, 2.24) is 0 Å². The largest absolute Gasteiger partial charge is 0.379 e. The maximum absolute atomic E-state index is 11.9. The van der Waals surface area contributed by atoms with Gasteiger partial charge in [0.2, 0.25) is 0 Å². The highest BCUT2D eigenvalue weighted by atomic mass is 32.2. The van der Waals surface area contributed by atoms with Crippen LogP contribution in [0.2, 0.25) is 0 Å². The number of hydrogen-bond acceptors (Lipinski definition) is 4. The molecule has 4 nitrogen and oxygen atoms in total. The zero-order valence-electron chi connectivity index (χ0n) is 9.61. The van der Waals surface area contributed by atoms with Crippen LogP contribution < -0.4 is 9.92 Å². The van der Waals surface area contributed by atoms with Crippen molar-refractivity contribution in [2.24, 2.45) is 5.73 Å². The molecule has 0 fully saturated rings. The topological polar surface area (TPSA) is 69.4 Å². The van der Waals surface area contributed by atoms with Gasteiger partial charge in [-0.15, -0.1) is 0 Å². The van der Waals surface area contributed by atoms with Gasteiger partial charge >= 0.3 is 10.1 Å². The predicted octanol–water partition coefficient (Wildman–Crippen LogP) is 1.91. The predicted molar refractivity (Wildman–Crippen MR) is 68.6 cm³/mol. The SMILES string of the molecule is NCc1ccc(S(=O)(=O)Oc2ccccc2)cc1. The average molecular weight is 263 g/mol. The van der Waals surface area contributed by atoms with Crippen LogP contribution in [0, 0.1) is 0 Å². The van der Waals surface area contributed by atoms with Crippen molar-refractivity contribution in [2.75, 3.05) is 0 Å². The summed E-state index contributed by atoms with van der Waals surface area (Å²) in [5.41, 5.74) is 6.32. The van der Waals surface area contributed by atoms with Gasteiger partial charge in [0.25, 0.3) is 0 Å². The highest BCUT2D eigenvalue weighted by molar-refractivity contribution is 7.87. The van der Waals surface area contributed by atoms with E-state index >= 15 is 0 Å². The number of benzene rings is 2. The molecule has 2 N–H and O–H groups in total. The summed E-state index contributed by atoms with van der Waals surface area (Å²) in [4.78, 5) is 0.114. The molecule has 0 unspecified atom stereocenters. The van der Waals surface area contributed by atoms with E-state index < -0.39 is 10.1 Å². The minimum atomic E-state index is -3.78. The summed E-state index contributed by atoms with van der Waals surface area (Å²) < 4.78 is 28.9. The lowest BCUT2D eigenvalue weighted by atomic mass is 10.2. The van der Waals surface area contributed by atoms with Crippen molar-refractivity contribution >= 4 is 10.1 Å². The monoisotopic (exact) mass is 263 g/mol. The van der Waals surface area contributed by atoms with Crippen LogP contribution in [-0.4, -0.2) is 8.42 Å². The molecule has 18 heavy (non-hydrogen) atoms. The van der Waals surface area contributed by atoms with Crippen molar-refractivity contribution in [2.45, 2.75) is 11.4 Å². The van der Waals surface area contributed by atoms with Crippen LogP contribution in [0.5, 0.6) is 5.75 Å². The second kappa shape index (κ2) is 5.20. The summed E-state index contributed by atoms with van der Waals surface area (Å²) in [7, 11) is -3.78. The summed E-state index contributed by atoms with van der Waals surface area (Å²) in [6.07, 6.45) is 0. The van der Waals surface area contributed by atoms with Crippen LogP contribution in [0.25, 0.3) is 0 Å². The summed E-state index contributed by atoms with van der Waals surface area (Å²) >= 11 is 0. The van der Waals surface area contributed by atoms with Gasteiger partial charge in [-0.25, -0.2) is 0 Å². The van der Waals surface area contributed by atoms with Gasteiger partial charge in [-0.05, 0) is 29.8 Å². The highest BCUT2D eigenvalue weighted by Crippen LogP contribution is 2.18. The molecule has 0 aromatic heterocycles. The molecule has 94 valence electrons. The molecule has 0 aliphatic carbocycles. The van der Waals surface area contributed by atoms with E-state index in [9.17, 15) is 8.42 Å². The molecular formula is C13H13NO3S. The first-order valence-electron chi connectivity index (χ1n) is 5.40. The van der Waals surface area contributed by atoms with Crippen molar-refractivity contribution in [1.29, 1.82) is 0 Å². The molecule has 2 aromatic rings. The first kappa shape index (κ1) is 12.6. The fourth-order valence-electron chi connectivity index (χ4n) is 1.44. The molecule has 5 heteroatoms. The average Bonchev–Trinajstić information content (AvgIpc) is 2.39. The molecule has 0 aliphatic rings. The molecule has 0 amide bonds. The van der Waals surface area contributed by atoms with Gasteiger partial charge in [0.15, 0.2) is 0 Å². The van der Waals surface area contributed by atoms with Crippen LogP contribution in [-0.2, 0) is 16.7 Å². The van der Waals surface area contributed by atoms with E-state index in [0.717, 1.165) is 5.56 Å². The fraction of sp³-hybridized carbons (Fsp3) is 0.0769.